The molecule has 1 aliphatic rings. The lowest BCUT2D eigenvalue weighted by Crippen LogP contribution is -2.35. The molecule has 1 fully saturated rings. The second-order valence-electron chi connectivity index (χ2n) is 6.68. The third-order valence-electron chi connectivity index (χ3n) is 5.21. The van der Waals surface area contributed by atoms with Crippen LogP contribution in [0.3, 0.4) is 0 Å². The molecule has 0 aromatic carbocycles. The van der Waals surface area contributed by atoms with E-state index in [2.05, 4.69) is 37.8 Å². The van der Waals surface area contributed by atoms with E-state index in [9.17, 15) is 0 Å². The van der Waals surface area contributed by atoms with E-state index in [1.807, 2.05) is 0 Å². The maximum atomic E-state index is 6.33. The van der Waals surface area contributed by atoms with E-state index in [1.165, 1.54) is 25.7 Å². The Hall–Kier alpha value is -0.900. The molecular weight excluding hydrogens is 250 g/mol. The van der Waals surface area contributed by atoms with Crippen LogP contribution in [0.1, 0.15) is 83.9 Å². The first kappa shape index (κ1) is 15.5. The third kappa shape index (κ3) is 3.05. The van der Waals surface area contributed by atoms with E-state index in [1.54, 1.807) is 0 Å². The van der Waals surface area contributed by atoms with Gasteiger partial charge in [-0.1, -0.05) is 32.9 Å². The summed E-state index contributed by atoms with van der Waals surface area (Å²) < 4.78 is 5.45. The van der Waals surface area contributed by atoms with Crippen molar-refractivity contribution in [1.29, 1.82) is 0 Å². The number of nitrogens with two attached hydrogens (primary N) is 1. The first-order valence-corrected chi connectivity index (χ1v) is 8.13. The average molecular weight is 279 g/mol. The summed E-state index contributed by atoms with van der Waals surface area (Å²) in [5, 5.41) is 4.21. The van der Waals surface area contributed by atoms with E-state index in [0.717, 1.165) is 30.5 Å². The molecule has 2 N–H and O–H groups in total. The molecule has 0 amide bonds. The molecule has 0 aliphatic heterocycles. The molecule has 0 unspecified atom stereocenters. The number of hydrogen-bond acceptors (Lipinski definition) is 4. The lowest BCUT2D eigenvalue weighted by atomic mass is 9.77. The Morgan fingerprint density at radius 3 is 2.30 bits per heavy atom. The van der Waals surface area contributed by atoms with E-state index >= 15 is 0 Å². The first-order chi connectivity index (χ1) is 9.50. The molecule has 114 valence electrons. The zero-order valence-electron chi connectivity index (χ0n) is 13.4. The number of nitrogens with zero attached hydrogens (tertiary/aromatic N) is 2. The van der Waals surface area contributed by atoms with Crippen molar-refractivity contribution in [3.8, 4) is 0 Å². The summed E-state index contributed by atoms with van der Waals surface area (Å²) in [6.07, 6.45) is 6.56. The van der Waals surface area contributed by atoms with Crippen LogP contribution in [-0.4, -0.2) is 10.1 Å². The summed E-state index contributed by atoms with van der Waals surface area (Å²) in [4.78, 5) is 4.61. The Labute approximate surface area is 122 Å². The summed E-state index contributed by atoms with van der Waals surface area (Å²) in [6.45, 7) is 8.79. The van der Waals surface area contributed by atoms with E-state index in [4.69, 9.17) is 10.3 Å². The van der Waals surface area contributed by atoms with Gasteiger partial charge in [-0.15, -0.1) is 0 Å². The van der Waals surface area contributed by atoms with E-state index in [-0.39, 0.29) is 0 Å². The van der Waals surface area contributed by atoms with E-state index < -0.39 is 5.54 Å². The molecule has 0 bridgehead atoms. The van der Waals surface area contributed by atoms with Crippen molar-refractivity contribution < 1.29 is 4.52 Å². The van der Waals surface area contributed by atoms with Crippen molar-refractivity contribution in [3.05, 3.63) is 11.7 Å². The standard InChI is InChI=1S/C16H29N3O/c1-5-16(17,6-2)15-18-14(19-20-15)13-9-7-12(8-10-13)11(3)4/h11-13H,5-10,17H2,1-4H3. The molecule has 1 aromatic rings. The lowest BCUT2D eigenvalue weighted by Gasteiger charge is -2.29. The molecule has 20 heavy (non-hydrogen) atoms. The van der Waals surface area contributed by atoms with Gasteiger partial charge in [0.25, 0.3) is 0 Å². The van der Waals surface area contributed by atoms with Gasteiger partial charge >= 0.3 is 0 Å². The fourth-order valence-corrected chi connectivity index (χ4v) is 3.20. The molecule has 1 aromatic heterocycles. The summed E-state index contributed by atoms with van der Waals surface area (Å²) in [6, 6.07) is 0. The normalized spacial score (nSPS) is 24.3. The van der Waals surface area contributed by atoms with Crippen molar-refractivity contribution in [2.45, 2.75) is 77.7 Å². The number of aromatic nitrogens is 2. The molecule has 1 aliphatic carbocycles. The second kappa shape index (κ2) is 6.25. The largest absolute Gasteiger partial charge is 0.337 e. The van der Waals surface area contributed by atoms with Gasteiger partial charge in [-0.05, 0) is 50.4 Å². The van der Waals surface area contributed by atoms with Crippen LogP contribution in [-0.2, 0) is 5.54 Å². The monoisotopic (exact) mass is 279 g/mol. The minimum Gasteiger partial charge on any atom is -0.337 e. The quantitative estimate of drug-likeness (QED) is 0.885. The maximum absolute atomic E-state index is 6.33. The van der Waals surface area contributed by atoms with Gasteiger partial charge in [0.15, 0.2) is 5.82 Å². The Bertz CT molecular complexity index is 415. The minimum atomic E-state index is -0.458. The molecule has 2 rings (SSSR count). The predicted molar refractivity (Wildman–Crippen MR) is 80.3 cm³/mol. The summed E-state index contributed by atoms with van der Waals surface area (Å²) >= 11 is 0. The lowest BCUT2D eigenvalue weighted by molar-refractivity contribution is 0.247. The fourth-order valence-electron chi connectivity index (χ4n) is 3.20. The van der Waals surface area contributed by atoms with Gasteiger partial charge in [-0.25, -0.2) is 0 Å². The van der Waals surface area contributed by atoms with Crippen molar-refractivity contribution in [1.82, 2.24) is 10.1 Å². The first-order valence-electron chi connectivity index (χ1n) is 8.13. The topological polar surface area (TPSA) is 64.9 Å². The molecule has 1 heterocycles. The molecule has 4 heteroatoms. The summed E-state index contributed by atoms with van der Waals surface area (Å²) in [7, 11) is 0. The second-order valence-corrected chi connectivity index (χ2v) is 6.68. The third-order valence-corrected chi connectivity index (χ3v) is 5.21. The molecule has 0 saturated heterocycles. The SMILES string of the molecule is CCC(N)(CC)c1nc(C2CCC(C(C)C)CC2)no1. The molecule has 4 nitrogen and oxygen atoms in total. The zero-order chi connectivity index (χ0) is 14.8. The average Bonchev–Trinajstić information content (AvgIpc) is 2.97. The predicted octanol–water partition coefficient (Wildman–Crippen LogP) is 3.97. The van der Waals surface area contributed by atoms with Gasteiger partial charge in [-0.3, -0.25) is 0 Å². The van der Waals surface area contributed by atoms with Crippen LogP contribution < -0.4 is 5.73 Å². The van der Waals surface area contributed by atoms with Crippen LogP contribution in [0, 0.1) is 11.8 Å². The van der Waals surface area contributed by atoms with Crippen molar-refractivity contribution in [2.24, 2.45) is 17.6 Å². The van der Waals surface area contributed by atoms with Crippen molar-refractivity contribution >= 4 is 0 Å². The molecule has 0 spiro atoms. The van der Waals surface area contributed by atoms with Crippen molar-refractivity contribution in [3.63, 3.8) is 0 Å². The van der Waals surface area contributed by atoms with Crippen LogP contribution >= 0.6 is 0 Å². The van der Waals surface area contributed by atoms with Gasteiger partial charge in [-0.2, -0.15) is 4.98 Å². The molecule has 0 atom stereocenters. The smallest absolute Gasteiger partial charge is 0.246 e. The van der Waals surface area contributed by atoms with Crippen molar-refractivity contribution in [2.75, 3.05) is 0 Å². The molecular formula is C16H29N3O. The number of rotatable bonds is 5. The van der Waals surface area contributed by atoms with E-state index in [0.29, 0.717) is 11.8 Å². The van der Waals surface area contributed by atoms with Crippen LogP contribution in [0.5, 0.6) is 0 Å². The summed E-state index contributed by atoms with van der Waals surface area (Å²) in [5.41, 5.74) is 5.87. The van der Waals surface area contributed by atoms with Crippen LogP contribution in [0.25, 0.3) is 0 Å². The highest BCUT2D eigenvalue weighted by molar-refractivity contribution is 5.05. The molecule has 0 radical (unpaired) electrons. The zero-order valence-corrected chi connectivity index (χ0v) is 13.4. The Kier molecular flexibility index (Phi) is 4.84. The van der Waals surface area contributed by atoms with Gasteiger partial charge in [0.2, 0.25) is 5.89 Å². The Balaban J connectivity index is 2.03. The Morgan fingerprint density at radius 2 is 1.80 bits per heavy atom. The van der Waals surface area contributed by atoms with Crippen LogP contribution in [0.2, 0.25) is 0 Å². The highest BCUT2D eigenvalue weighted by Crippen LogP contribution is 2.38. The number of hydrogen-bond donors (Lipinski definition) is 1. The van der Waals surface area contributed by atoms with Gasteiger partial charge in [0.1, 0.15) is 0 Å². The fraction of sp³-hybridized carbons (Fsp3) is 0.875. The minimum absolute atomic E-state index is 0.458. The van der Waals surface area contributed by atoms with Gasteiger partial charge in [0, 0.05) is 5.92 Å². The highest BCUT2D eigenvalue weighted by Gasteiger charge is 2.32. The summed E-state index contributed by atoms with van der Waals surface area (Å²) in [5.74, 6) is 3.59. The highest BCUT2D eigenvalue weighted by atomic mass is 16.5. The van der Waals surface area contributed by atoms with Gasteiger partial charge in [0.05, 0.1) is 5.54 Å². The van der Waals surface area contributed by atoms with Crippen LogP contribution in [0.4, 0.5) is 0 Å². The Morgan fingerprint density at radius 1 is 1.20 bits per heavy atom. The maximum Gasteiger partial charge on any atom is 0.246 e. The van der Waals surface area contributed by atoms with Gasteiger partial charge < -0.3 is 10.3 Å². The molecule has 1 saturated carbocycles. The van der Waals surface area contributed by atoms with Crippen LogP contribution in [0.15, 0.2) is 4.52 Å².